The molecule has 0 bridgehead atoms. The number of halogens is 2. The Morgan fingerprint density at radius 2 is 1.95 bits per heavy atom. The van der Waals surface area contributed by atoms with E-state index in [0.29, 0.717) is 10.8 Å². The Hall–Kier alpha value is -1.58. The quantitative estimate of drug-likeness (QED) is 0.916. The highest BCUT2D eigenvalue weighted by atomic mass is 35.5. The number of rotatable bonds is 4. The number of benzene rings is 2. The third-order valence-electron chi connectivity index (χ3n) is 3.32. The van der Waals surface area contributed by atoms with Gasteiger partial charge in [-0.1, -0.05) is 29.8 Å². The molecule has 0 saturated heterocycles. The molecule has 20 heavy (non-hydrogen) atoms. The Labute approximate surface area is 123 Å². The lowest BCUT2D eigenvalue weighted by Crippen LogP contribution is -2.19. The van der Waals surface area contributed by atoms with Gasteiger partial charge in [-0.15, -0.1) is 0 Å². The van der Waals surface area contributed by atoms with E-state index < -0.39 is 0 Å². The van der Waals surface area contributed by atoms with Gasteiger partial charge in [-0.3, -0.25) is 0 Å². The van der Waals surface area contributed by atoms with E-state index in [1.807, 2.05) is 32.2 Å². The average molecular weight is 294 g/mol. The van der Waals surface area contributed by atoms with Crippen LogP contribution < -0.4 is 10.1 Å². The Bertz CT molecular complexity index is 615. The molecule has 0 amide bonds. The maximum atomic E-state index is 13.6. The summed E-state index contributed by atoms with van der Waals surface area (Å²) in [6, 6.07) is 10.1. The lowest BCUT2D eigenvalue weighted by molar-refractivity contribution is 0.404. The second-order valence-electron chi connectivity index (χ2n) is 4.59. The van der Waals surface area contributed by atoms with Gasteiger partial charge in [0.1, 0.15) is 11.6 Å². The highest BCUT2D eigenvalue weighted by Crippen LogP contribution is 2.34. The van der Waals surface area contributed by atoms with Gasteiger partial charge < -0.3 is 10.1 Å². The van der Waals surface area contributed by atoms with Crippen LogP contribution in [0.15, 0.2) is 36.4 Å². The Balaban J connectivity index is 2.58. The fourth-order valence-corrected chi connectivity index (χ4v) is 2.54. The van der Waals surface area contributed by atoms with Gasteiger partial charge in [0.2, 0.25) is 0 Å². The van der Waals surface area contributed by atoms with Crippen molar-refractivity contribution in [2.45, 2.75) is 13.0 Å². The van der Waals surface area contributed by atoms with E-state index in [0.717, 1.165) is 16.7 Å². The van der Waals surface area contributed by atoms with Crippen molar-refractivity contribution in [3.63, 3.8) is 0 Å². The van der Waals surface area contributed by atoms with E-state index in [1.54, 1.807) is 13.2 Å². The lowest BCUT2D eigenvalue weighted by atomic mass is 9.96. The first-order chi connectivity index (χ1) is 9.58. The molecule has 0 heterocycles. The highest BCUT2D eigenvalue weighted by molar-refractivity contribution is 6.32. The third-order valence-corrected chi connectivity index (χ3v) is 3.84. The zero-order valence-corrected chi connectivity index (χ0v) is 12.5. The zero-order chi connectivity index (χ0) is 14.7. The van der Waals surface area contributed by atoms with Crippen LogP contribution in [0.3, 0.4) is 0 Å². The predicted molar refractivity (Wildman–Crippen MR) is 80.0 cm³/mol. The van der Waals surface area contributed by atoms with Gasteiger partial charge in [0.15, 0.2) is 0 Å². The fourth-order valence-electron chi connectivity index (χ4n) is 2.30. The van der Waals surface area contributed by atoms with Crippen molar-refractivity contribution in [2.24, 2.45) is 0 Å². The Kier molecular flexibility index (Phi) is 4.63. The van der Waals surface area contributed by atoms with E-state index in [9.17, 15) is 4.39 Å². The van der Waals surface area contributed by atoms with Crippen LogP contribution in [-0.4, -0.2) is 14.2 Å². The standard InChI is InChI=1S/C16H17ClFNO/c1-10-5-4-6-12(15(10)17)16(19-2)13-9-11(18)7-8-14(13)20-3/h4-9,16,19H,1-3H3. The maximum Gasteiger partial charge on any atom is 0.124 e. The molecular formula is C16H17ClFNO. The first-order valence-corrected chi connectivity index (χ1v) is 6.72. The molecule has 0 spiro atoms. The molecule has 0 fully saturated rings. The van der Waals surface area contributed by atoms with Crippen LogP contribution in [0.1, 0.15) is 22.7 Å². The van der Waals surface area contributed by atoms with Crippen molar-refractivity contribution in [2.75, 3.05) is 14.2 Å². The number of nitrogens with one attached hydrogen (secondary N) is 1. The number of ether oxygens (including phenoxy) is 1. The monoisotopic (exact) mass is 293 g/mol. The van der Waals surface area contributed by atoms with Crippen LogP contribution in [0.2, 0.25) is 5.02 Å². The summed E-state index contributed by atoms with van der Waals surface area (Å²) < 4.78 is 18.9. The number of hydrogen-bond donors (Lipinski definition) is 1. The normalized spacial score (nSPS) is 12.2. The first kappa shape index (κ1) is 14.8. The van der Waals surface area contributed by atoms with E-state index in [-0.39, 0.29) is 11.9 Å². The molecular weight excluding hydrogens is 277 g/mol. The second-order valence-corrected chi connectivity index (χ2v) is 4.96. The SMILES string of the molecule is CNC(c1cc(F)ccc1OC)c1cccc(C)c1Cl. The van der Waals surface area contributed by atoms with Crippen molar-refractivity contribution in [3.8, 4) is 5.75 Å². The molecule has 2 aromatic carbocycles. The molecule has 0 aliphatic rings. The first-order valence-electron chi connectivity index (χ1n) is 6.34. The Morgan fingerprint density at radius 3 is 2.60 bits per heavy atom. The molecule has 2 aromatic rings. The molecule has 1 N–H and O–H groups in total. The van der Waals surface area contributed by atoms with E-state index in [1.165, 1.54) is 12.1 Å². The average Bonchev–Trinajstić information content (AvgIpc) is 2.44. The summed E-state index contributed by atoms with van der Waals surface area (Å²) in [6.07, 6.45) is 0. The van der Waals surface area contributed by atoms with Gasteiger partial charge in [0.05, 0.1) is 13.2 Å². The van der Waals surface area contributed by atoms with Crippen LogP contribution in [0.25, 0.3) is 0 Å². The molecule has 0 aromatic heterocycles. The van der Waals surface area contributed by atoms with Crippen molar-refractivity contribution < 1.29 is 9.13 Å². The maximum absolute atomic E-state index is 13.6. The summed E-state index contributed by atoms with van der Waals surface area (Å²) in [5, 5.41) is 3.85. The van der Waals surface area contributed by atoms with Crippen LogP contribution in [-0.2, 0) is 0 Å². The van der Waals surface area contributed by atoms with Crippen LogP contribution in [0, 0.1) is 12.7 Å². The molecule has 2 nitrogen and oxygen atoms in total. The largest absolute Gasteiger partial charge is 0.496 e. The summed E-state index contributed by atoms with van der Waals surface area (Å²) in [7, 11) is 3.38. The zero-order valence-electron chi connectivity index (χ0n) is 11.7. The molecule has 0 aliphatic heterocycles. The fraction of sp³-hybridized carbons (Fsp3) is 0.250. The second kappa shape index (κ2) is 6.25. The molecule has 4 heteroatoms. The lowest BCUT2D eigenvalue weighted by Gasteiger charge is -2.21. The highest BCUT2D eigenvalue weighted by Gasteiger charge is 2.20. The van der Waals surface area contributed by atoms with Crippen LogP contribution in [0.4, 0.5) is 4.39 Å². The topological polar surface area (TPSA) is 21.3 Å². The minimum absolute atomic E-state index is 0.229. The van der Waals surface area contributed by atoms with Gasteiger partial charge in [0, 0.05) is 10.6 Å². The smallest absolute Gasteiger partial charge is 0.124 e. The summed E-state index contributed by atoms with van der Waals surface area (Å²) in [4.78, 5) is 0. The summed E-state index contributed by atoms with van der Waals surface area (Å²) >= 11 is 6.38. The Morgan fingerprint density at radius 1 is 1.20 bits per heavy atom. The minimum atomic E-state index is -0.301. The van der Waals surface area contributed by atoms with Gasteiger partial charge in [-0.05, 0) is 43.3 Å². The molecule has 0 aliphatic carbocycles. The van der Waals surface area contributed by atoms with Gasteiger partial charge in [-0.2, -0.15) is 0 Å². The minimum Gasteiger partial charge on any atom is -0.496 e. The van der Waals surface area contributed by atoms with E-state index in [2.05, 4.69) is 5.32 Å². The molecule has 1 atom stereocenters. The van der Waals surface area contributed by atoms with Crippen LogP contribution >= 0.6 is 11.6 Å². The predicted octanol–water partition coefficient (Wildman–Crippen LogP) is 4.10. The molecule has 2 rings (SSSR count). The van der Waals surface area contributed by atoms with Gasteiger partial charge >= 0.3 is 0 Å². The molecule has 0 saturated carbocycles. The molecule has 1 unspecified atom stereocenters. The van der Waals surface area contributed by atoms with Crippen molar-refractivity contribution in [1.29, 1.82) is 0 Å². The van der Waals surface area contributed by atoms with E-state index >= 15 is 0 Å². The van der Waals surface area contributed by atoms with Crippen LogP contribution in [0.5, 0.6) is 5.75 Å². The molecule has 0 radical (unpaired) electrons. The van der Waals surface area contributed by atoms with Crippen molar-refractivity contribution >= 4 is 11.6 Å². The third kappa shape index (κ3) is 2.79. The summed E-state index contributed by atoms with van der Waals surface area (Å²) in [6.45, 7) is 1.95. The number of hydrogen-bond acceptors (Lipinski definition) is 2. The van der Waals surface area contributed by atoms with Crippen molar-refractivity contribution in [3.05, 3.63) is 63.9 Å². The summed E-state index contributed by atoms with van der Waals surface area (Å²) in [5.74, 6) is 0.327. The number of methoxy groups -OCH3 is 1. The van der Waals surface area contributed by atoms with Gasteiger partial charge in [0.25, 0.3) is 0 Å². The molecule has 106 valence electrons. The number of aryl methyl sites for hydroxylation is 1. The van der Waals surface area contributed by atoms with Gasteiger partial charge in [-0.25, -0.2) is 4.39 Å². The summed E-state index contributed by atoms with van der Waals surface area (Å²) in [5.41, 5.74) is 2.61. The van der Waals surface area contributed by atoms with E-state index in [4.69, 9.17) is 16.3 Å². The van der Waals surface area contributed by atoms with Crippen molar-refractivity contribution in [1.82, 2.24) is 5.32 Å².